The van der Waals surface area contributed by atoms with Crippen LogP contribution in [-0.4, -0.2) is 71.6 Å². The molecule has 4 rings (SSSR count). The molecule has 8 nitrogen and oxygen atoms in total. The molecule has 0 aromatic heterocycles. The number of ether oxygens (including phenoxy) is 2. The number of hydrogen-bond acceptors (Lipinski definition) is 7. The van der Waals surface area contributed by atoms with Crippen LogP contribution in [0.4, 0.5) is 4.39 Å². The standard InChI is InChI=1S/C13H19NO.C12H15FN2O.C8H10.C6H14OS.C4H10.C2H5NO.C2H6/c1-11-3-5-12(6-4-11)15-13-7-9-14(2)10-8-13;1-4-9-5-6-10(7-11(9)13)12(15-3)16-8(2)14;1-2-8-6-4-3-5-7-8;1-3-5-8(7)6-4-2;1-3-4-2;1-2(3)4;1-2/h3-6,13H,7-10H2,1-2H3;5-7,14H,4H2,1-3H3;3-7H,2H2,1H3;3-6H2,1-2H3;3-4H2,1-2H3;1H3,(H2,3,4);1-2H3. The molecule has 0 spiro atoms. The summed E-state index contributed by atoms with van der Waals surface area (Å²) in [5.74, 6) is 2.46. The summed E-state index contributed by atoms with van der Waals surface area (Å²) < 4.78 is 35.3. The third kappa shape index (κ3) is 33.9. The average Bonchev–Trinajstić information content (AvgIpc) is 3.20. The first kappa shape index (κ1) is 57.4. The van der Waals surface area contributed by atoms with E-state index >= 15 is 0 Å². The van der Waals surface area contributed by atoms with E-state index in [4.69, 9.17) is 14.9 Å². The minimum atomic E-state index is -0.520. The fourth-order valence-corrected chi connectivity index (χ4v) is 5.64. The quantitative estimate of drug-likeness (QED) is 0.156. The highest BCUT2D eigenvalue weighted by Crippen LogP contribution is 2.19. The van der Waals surface area contributed by atoms with Crippen molar-refractivity contribution in [3.63, 3.8) is 0 Å². The maximum absolute atomic E-state index is 13.5. The van der Waals surface area contributed by atoms with E-state index in [1.54, 1.807) is 19.2 Å². The highest BCUT2D eigenvalue weighted by atomic mass is 32.2. The lowest BCUT2D eigenvalue weighted by atomic mass is 10.1. The van der Waals surface area contributed by atoms with Crippen LogP contribution in [0.25, 0.3) is 0 Å². The lowest BCUT2D eigenvalue weighted by Crippen LogP contribution is -2.35. The van der Waals surface area contributed by atoms with Gasteiger partial charge in [0.05, 0.1) is 0 Å². The Morgan fingerprint density at radius 2 is 1.37 bits per heavy atom. The molecule has 3 aromatic carbocycles. The van der Waals surface area contributed by atoms with Crippen LogP contribution < -0.4 is 10.5 Å². The molecule has 324 valence electrons. The number of halogens is 1. The molecule has 3 aromatic rings. The van der Waals surface area contributed by atoms with E-state index in [2.05, 4.69) is 113 Å². The van der Waals surface area contributed by atoms with E-state index in [1.807, 2.05) is 26.8 Å². The number of rotatable bonds is 10. The molecule has 0 unspecified atom stereocenters. The number of nitrogens with zero attached hydrogens (tertiary/aromatic N) is 2. The number of amides is 1. The van der Waals surface area contributed by atoms with Crippen molar-refractivity contribution in [3.05, 3.63) is 101 Å². The van der Waals surface area contributed by atoms with Gasteiger partial charge in [0.25, 0.3) is 0 Å². The smallest absolute Gasteiger partial charge is 0.223 e. The molecular weight excluding hydrogens is 736 g/mol. The summed E-state index contributed by atoms with van der Waals surface area (Å²) in [5.41, 5.74) is 8.37. The molecule has 1 saturated heterocycles. The summed E-state index contributed by atoms with van der Waals surface area (Å²) in [5, 5.41) is 7.21. The van der Waals surface area contributed by atoms with E-state index < -0.39 is 10.8 Å². The van der Waals surface area contributed by atoms with Crippen molar-refractivity contribution in [2.24, 2.45) is 10.7 Å². The molecule has 1 amide bonds. The number of nitrogens with one attached hydrogen (secondary N) is 1. The highest BCUT2D eigenvalue weighted by molar-refractivity contribution is 7.84. The van der Waals surface area contributed by atoms with Gasteiger partial charge < -0.3 is 20.1 Å². The minimum absolute atomic E-state index is 0.0283. The van der Waals surface area contributed by atoms with Gasteiger partial charge in [-0.15, -0.1) is 0 Å². The molecule has 1 aliphatic rings. The van der Waals surface area contributed by atoms with Crippen molar-refractivity contribution in [2.45, 2.75) is 134 Å². The molecule has 0 aliphatic carbocycles. The summed E-state index contributed by atoms with van der Waals surface area (Å²) in [4.78, 5) is 15.5. The maximum Gasteiger partial charge on any atom is 0.223 e. The Hall–Kier alpha value is -3.89. The van der Waals surface area contributed by atoms with Gasteiger partial charge >= 0.3 is 0 Å². The predicted octanol–water partition coefficient (Wildman–Crippen LogP) is 11.4. The number of benzene rings is 3. The topological polar surface area (TPSA) is 118 Å². The molecule has 0 radical (unpaired) electrons. The molecule has 1 aliphatic heterocycles. The number of piperidine rings is 1. The van der Waals surface area contributed by atoms with Gasteiger partial charge in [0.1, 0.15) is 17.7 Å². The monoisotopic (exact) mass is 815 g/mol. The number of aryl methyl sites for hydroxylation is 3. The number of nitrogens with two attached hydrogens (primary N) is 1. The number of hydrogen-bond donors (Lipinski definition) is 2. The number of unbranched alkanes of at least 4 members (excludes halogenated alkanes) is 1. The highest BCUT2D eigenvalue weighted by Gasteiger charge is 2.17. The first-order valence-corrected chi connectivity index (χ1v) is 22.2. The molecule has 1 heterocycles. The van der Waals surface area contributed by atoms with Gasteiger partial charge in [0, 0.05) is 61.9 Å². The minimum Gasteiger partial charge on any atom is -0.490 e. The summed E-state index contributed by atoms with van der Waals surface area (Å²) in [6.45, 7) is 23.7. The SMILES string of the molecule is CC.CC(N)=O.CCCC.CCCS(=O)CCC.CCc1ccc(C(=NC)OC(C)=N)cc1F.CCc1ccccc1.Cc1ccc(OC2CCN(C)CC2)cc1. The maximum atomic E-state index is 13.5. The predicted molar refractivity (Wildman–Crippen MR) is 246 cm³/mol. The molecule has 3 N–H and O–H groups in total. The molecule has 57 heavy (non-hydrogen) atoms. The normalized spacial score (nSPS) is 12.0. The number of primary amides is 1. The van der Waals surface area contributed by atoms with Crippen molar-refractivity contribution in [1.82, 2.24) is 4.90 Å². The van der Waals surface area contributed by atoms with Gasteiger partial charge in [-0.05, 0) is 87.9 Å². The number of likely N-dealkylation sites (tertiary alicyclic amines) is 1. The van der Waals surface area contributed by atoms with Crippen molar-refractivity contribution >= 4 is 28.5 Å². The third-order valence-electron chi connectivity index (χ3n) is 7.74. The average molecular weight is 815 g/mol. The van der Waals surface area contributed by atoms with E-state index in [9.17, 15) is 13.4 Å². The first-order valence-electron chi connectivity index (χ1n) is 20.8. The largest absolute Gasteiger partial charge is 0.490 e. The van der Waals surface area contributed by atoms with Crippen molar-refractivity contribution in [3.8, 4) is 5.75 Å². The van der Waals surface area contributed by atoms with Crippen LogP contribution in [0, 0.1) is 18.2 Å². The second-order valence-electron chi connectivity index (χ2n) is 13.1. The van der Waals surface area contributed by atoms with Crippen LogP contribution >= 0.6 is 0 Å². The number of carbonyl (C=O) groups excluding carboxylic acids is 1. The Labute approximate surface area is 350 Å². The Morgan fingerprint density at radius 1 is 0.860 bits per heavy atom. The van der Waals surface area contributed by atoms with E-state index in [0.717, 1.165) is 62.4 Å². The van der Waals surface area contributed by atoms with Gasteiger partial charge in [-0.25, -0.2) is 4.39 Å². The lowest BCUT2D eigenvalue weighted by Gasteiger charge is -2.29. The summed E-state index contributed by atoms with van der Waals surface area (Å²) in [6.07, 6.45) is 9.22. The van der Waals surface area contributed by atoms with Crippen LogP contribution in [0.1, 0.15) is 130 Å². The lowest BCUT2D eigenvalue weighted by molar-refractivity contribution is -0.115. The van der Waals surface area contributed by atoms with Gasteiger partial charge in [-0.2, -0.15) is 0 Å². The summed E-state index contributed by atoms with van der Waals surface area (Å²) in [6, 6.07) is 23.6. The van der Waals surface area contributed by atoms with Crippen LogP contribution in [0.2, 0.25) is 0 Å². The van der Waals surface area contributed by atoms with Crippen LogP contribution in [0.3, 0.4) is 0 Å². The Bertz CT molecular complexity index is 1450. The second-order valence-corrected chi connectivity index (χ2v) is 14.8. The molecule has 0 bridgehead atoms. The zero-order chi connectivity index (χ0) is 44.0. The fraction of sp³-hybridized carbons (Fsp3) is 0.553. The van der Waals surface area contributed by atoms with Crippen LogP contribution in [0.5, 0.6) is 5.75 Å². The van der Waals surface area contributed by atoms with Crippen molar-refractivity contribution in [1.29, 1.82) is 5.41 Å². The molecule has 0 saturated carbocycles. The van der Waals surface area contributed by atoms with Gasteiger partial charge in [0.2, 0.25) is 11.8 Å². The molecule has 10 heteroatoms. The molecule has 0 atom stereocenters. The van der Waals surface area contributed by atoms with E-state index in [-0.39, 0.29) is 23.5 Å². The van der Waals surface area contributed by atoms with E-state index in [1.165, 1.54) is 43.9 Å². The van der Waals surface area contributed by atoms with Gasteiger partial charge in [-0.1, -0.05) is 122 Å². The Balaban J connectivity index is -0.000000653. The zero-order valence-corrected chi connectivity index (χ0v) is 38.7. The fourth-order valence-electron chi connectivity index (χ4n) is 4.53. The number of carbonyl (C=O) groups is 1. The second kappa shape index (κ2) is 39.0. The van der Waals surface area contributed by atoms with Crippen molar-refractivity contribution in [2.75, 3.05) is 38.7 Å². The molecule has 1 fully saturated rings. The summed E-state index contributed by atoms with van der Waals surface area (Å²) >= 11 is 0. The van der Waals surface area contributed by atoms with Gasteiger partial charge in [0.15, 0.2) is 5.90 Å². The number of aliphatic imine (C=N–C) groups is 1. The summed E-state index contributed by atoms with van der Waals surface area (Å²) in [7, 11) is 3.19. The Morgan fingerprint density at radius 3 is 1.74 bits per heavy atom. The van der Waals surface area contributed by atoms with E-state index in [0.29, 0.717) is 23.7 Å². The van der Waals surface area contributed by atoms with Crippen LogP contribution in [-0.2, 0) is 33.2 Å². The zero-order valence-electron chi connectivity index (χ0n) is 37.9. The van der Waals surface area contributed by atoms with Crippen LogP contribution in [0.15, 0.2) is 77.8 Å². The Kier molecular flexibility index (Phi) is 39.3. The van der Waals surface area contributed by atoms with Crippen molar-refractivity contribution < 1.29 is 22.9 Å². The molecular formula is C47H79FN4O4S. The first-order chi connectivity index (χ1) is 27.2. The third-order valence-corrected chi connectivity index (χ3v) is 9.46. The van der Waals surface area contributed by atoms with Gasteiger partial charge in [-0.3, -0.25) is 19.4 Å².